The summed E-state index contributed by atoms with van der Waals surface area (Å²) in [5, 5.41) is 3.12. The summed E-state index contributed by atoms with van der Waals surface area (Å²) in [5.74, 6) is 1.08. The monoisotopic (exact) mass is 753 g/mol. The van der Waals surface area contributed by atoms with E-state index >= 15 is 0 Å². The van der Waals surface area contributed by atoms with E-state index in [0.717, 1.165) is 104 Å². The van der Waals surface area contributed by atoms with E-state index in [9.17, 15) is 9.00 Å². The van der Waals surface area contributed by atoms with E-state index in [1.807, 2.05) is 47.9 Å². The number of likely N-dealkylation sites (N-methyl/N-ethyl adjacent to an activating group) is 1. The Bertz CT molecular complexity index is 1890. The number of ether oxygens (including phenoxy) is 3. The summed E-state index contributed by atoms with van der Waals surface area (Å²) in [6.45, 7) is 12.9. The standard InChI is InChI=1S/C43H55N5O5S/c1-5-7-22-51-24-25-53-39-15-10-33(11-16-39)34-12-19-41-36(26-34)27-35(9-8-20-48(41)28-38-29-52-23-21-46(38)4)43(49)45-37-13-17-40(18-14-37)54(50)30-42-32(3)44-31-47(42)6-2/h10-19,26-27,31,38H,5-9,20-25,28-30H2,1-4H3,(H,45,49)/b35-27+/t38-,54+/m0/s1. The van der Waals surface area contributed by atoms with Gasteiger partial charge in [-0.25, -0.2) is 4.98 Å². The molecule has 1 amide bonds. The van der Waals surface area contributed by atoms with Crippen molar-refractivity contribution < 1.29 is 23.2 Å². The van der Waals surface area contributed by atoms with E-state index in [4.69, 9.17) is 14.2 Å². The van der Waals surface area contributed by atoms with Gasteiger partial charge in [0.15, 0.2) is 0 Å². The van der Waals surface area contributed by atoms with Crippen LogP contribution in [0.4, 0.5) is 11.4 Å². The van der Waals surface area contributed by atoms with Crippen LogP contribution < -0.4 is 15.0 Å². The number of carbonyl (C=O) groups is 1. The number of nitrogens with zero attached hydrogens (tertiary/aromatic N) is 4. The molecule has 2 aliphatic heterocycles. The molecule has 10 nitrogen and oxygen atoms in total. The lowest BCUT2D eigenvalue weighted by molar-refractivity contribution is -0.112. The van der Waals surface area contributed by atoms with Crippen LogP contribution in [-0.2, 0) is 37.4 Å². The van der Waals surface area contributed by atoms with Crippen LogP contribution in [-0.4, -0.2) is 90.3 Å². The van der Waals surface area contributed by atoms with E-state index in [2.05, 4.69) is 77.4 Å². The molecule has 2 aliphatic rings. The van der Waals surface area contributed by atoms with Crippen molar-refractivity contribution in [3.63, 3.8) is 0 Å². The van der Waals surface area contributed by atoms with Crippen molar-refractivity contribution in [3.8, 4) is 16.9 Å². The van der Waals surface area contributed by atoms with Crippen molar-refractivity contribution >= 4 is 34.2 Å². The molecule has 1 aromatic heterocycles. The summed E-state index contributed by atoms with van der Waals surface area (Å²) < 4.78 is 32.7. The molecule has 4 aromatic rings. The molecular formula is C43H55N5O5S. The minimum Gasteiger partial charge on any atom is -0.491 e. The van der Waals surface area contributed by atoms with Gasteiger partial charge in [-0.15, -0.1) is 0 Å². The van der Waals surface area contributed by atoms with E-state index in [-0.39, 0.29) is 11.9 Å². The van der Waals surface area contributed by atoms with Crippen LogP contribution in [0, 0.1) is 6.92 Å². The number of nitrogens with one attached hydrogen (secondary N) is 1. The van der Waals surface area contributed by atoms with E-state index in [0.29, 0.717) is 42.6 Å². The first-order chi connectivity index (χ1) is 26.3. The normalized spacial score (nSPS) is 17.9. The molecule has 0 unspecified atom stereocenters. The van der Waals surface area contributed by atoms with Gasteiger partial charge in [-0.2, -0.15) is 0 Å². The number of amides is 1. The fourth-order valence-electron chi connectivity index (χ4n) is 6.92. The minimum atomic E-state index is -1.23. The summed E-state index contributed by atoms with van der Waals surface area (Å²) in [5.41, 5.74) is 7.54. The Morgan fingerprint density at radius 3 is 2.56 bits per heavy atom. The molecule has 11 heteroatoms. The largest absolute Gasteiger partial charge is 0.491 e. The molecule has 1 N–H and O–H groups in total. The number of aryl methyl sites for hydroxylation is 2. The van der Waals surface area contributed by atoms with Crippen LogP contribution in [0.25, 0.3) is 17.2 Å². The van der Waals surface area contributed by atoms with Gasteiger partial charge in [0.05, 0.1) is 60.1 Å². The molecule has 0 aliphatic carbocycles. The first-order valence-corrected chi connectivity index (χ1v) is 20.6. The lowest BCUT2D eigenvalue weighted by Crippen LogP contribution is -2.49. The fraction of sp³-hybridized carbons (Fsp3) is 0.442. The predicted molar refractivity (Wildman–Crippen MR) is 218 cm³/mol. The van der Waals surface area contributed by atoms with Crippen molar-refractivity contribution in [1.29, 1.82) is 0 Å². The maximum atomic E-state index is 13.9. The highest BCUT2D eigenvalue weighted by Crippen LogP contribution is 2.33. The number of hydrogen-bond acceptors (Lipinski definition) is 8. The smallest absolute Gasteiger partial charge is 0.251 e. The number of hydrogen-bond donors (Lipinski definition) is 1. The van der Waals surface area contributed by atoms with Crippen molar-refractivity contribution in [2.45, 2.75) is 69.7 Å². The molecule has 0 saturated carbocycles. The van der Waals surface area contributed by atoms with Gasteiger partial charge in [0.25, 0.3) is 5.91 Å². The molecular weight excluding hydrogens is 699 g/mol. The first kappa shape index (κ1) is 39.4. The average molecular weight is 754 g/mol. The Morgan fingerprint density at radius 2 is 1.80 bits per heavy atom. The third-order valence-corrected chi connectivity index (χ3v) is 11.6. The number of benzene rings is 3. The number of carbonyl (C=O) groups excluding carboxylic acids is 1. The van der Waals surface area contributed by atoms with Crippen LogP contribution in [0.1, 0.15) is 56.5 Å². The lowest BCUT2D eigenvalue weighted by atomic mass is 9.96. The van der Waals surface area contributed by atoms with Crippen LogP contribution in [0.2, 0.25) is 0 Å². The highest BCUT2D eigenvalue weighted by Gasteiger charge is 2.25. The zero-order chi connectivity index (χ0) is 37.9. The van der Waals surface area contributed by atoms with Gasteiger partial charge in [0, 0.05) is 54.6 Å². The third-order valence-electron chi connectivity index (χ3n) is 10.3. The van der Waals surface area contributed by atoms with Crippen LogP contribution in [0.15, 0.2) is 83.5 Å². The average Bonchev–Trinajstić information content (AvgIpc) is 3.53. The van der Waals surface area contributed by atoms with Crippen LogP contribution >= 0.6 is 0 Å². The second kappa shape index (κ2) is 19.3. The van der Waals surface area contributed by atoms with Crippen molar-refractivity contribution in [2.75, 3.05) is 69.9 Å². The highest BCUT2D eigenvalue weighted by atomic mass is 32.2. The van der Waals surface area contributed by atoms with Crippen molar-refractivity contribution in [3.05, 3.63) is 95.6 Å². The molecule has 0 spiro atoms. The Labute approximate surface area is 323 Å². The van der Waals surface area contributed by atoms with E-state index in [1.54, 1.807) is 6.33 Å². The predicted octanol–water partition coefficient (Wildman–Crippen LogP) is 7.33. The van der Waals surface area contributed by atoms with Crippen molar-refractivity contribution in [1.82, 2.24) is 14.5 Å². The number of anilines is 2. The molecule has 1 saturated heterocycles. The van der Waals surface area contributed by atoms with Crippen LogP contribution in [0.5, 0.6) is 5.75 Å². The zero-order valence-electron chi connectivity index (χ0n) is 32.2. The SMILES string of the molecule is CCCCOCCOc1ccc(-c2ccc3c(c2)/C=C(/C(=O)Nc2ccc([S@](=O)Cc4c(C)ncn4CC)cc2)CCCN3C[C@H]2COCCN2C)cc1. The Kier molecular flexibility index (Phi) is 14.1. The van der Waals surface area contributed by atoms with Gasteiger partial charge in [-0.05, 0) is 111 Å². The Hall–Kier alpha value is -4.29. The van der Waals surface area contributed by atoms with Gasteiger partial charge in [0.2, 0.25) is 0 Å². The molecule has 1 fully saturated rings. The van der Waals surface area contributed by atoms with Crippen molar-refractivity contribution in [2.24, 2.45) is 0 Å². The molecule has 3 heterocycles. The van der Waals surface area contributed by atoms with Gasteiger partial charge in [-0.3, -0.25) is 13.9 Å². The third kappa shape index (κ3) is 10.3. The minimum absolute atomic E-state index is 0.128. The van der Waals surface area contributed by atoms with E-state index in [1.165, 1.54) is 0 Å². The molecule has 2 atom stereocenters. The highest BCUT2D eigenvalue weighted by molar-refractivity contribution is 7.84. The van der Waals surface area contributed by atoms with E-state index < -0.39 is 10.8 Å². The summed E-state index contributed by atoms with van der Waals surface area (Å²) in [6, 6.07) is 22.3. The second-order valence-corrected chi connectivity index (χ2v) is 15.5. The number of unbranched alkanes of at least 4 members (excludes halogenated alkanes) is 1. The zero-order valence-corrected chi connectivity index (χ0v) is 33.0. The fourth-order valence-corrected chi connectivity index (χ4v) is 8.15. The maximum absolute atomic E-state index is 13.9. The lowest BCUT2D eigenvalue weighted by Gasteiger charge is -2.38. The van der Waals surface area contributed by atoms with Gasteiger partial charge >= 0.3 is 0 Å². The molecule has 0 radical (unpaired) electrons. The summed E-state index contributed by atoms with van der Waals surface area (Å²) in [7, 11) is 0.936. The molecule has 0 bridgehead atoms. The van der Waals surface area contributed by atoms with Gasteiger partial charge in [0.1, 0.15) is 12.4 Å². The number of morpholine rings is 1. The Balaban J connectivity index is 1.19. The summed E-state index contributed by atoms with van der Waals surface area (Å²) >= 11 is 0. The summed E-state index contributed by atoms with van der Waals surface area (Å²) in [6.07, 6.45) is 7.52. The number of rotatable bonds is 16. The molecule has 6 rings (SSSR count). The Morgan fingerprint density at radius 1 is 1.00 bits per heavy atom. The quantitative estimate of drug-likeness (QED) is 0.119. The maximum Gasteiger partial charge on any atom is 0.251 e. The first-order valence-electron chi connectivity index (χ1n) is 19.3. The number of aromatic nitrogens is 2. The molecule has 54 heavy (non-hydrogen) atoms. The van der Waals surface area contributed by atoms with Gasteiger partial charge in [-0.1, -0.05) is 31.5 Å². The number of imidazole rings is 1. The molecule has 3 aromatic carbocycles. The topological polar surface area (TPSA) is 98.2 Å². The summed E-state index contributed by atoms with van der Waals surface area (Å²) in [4.78, 5) is 23.8. The van der Waals surface area contributed by atoms with Gasteiger partial charge < -0.3 is 29.0 Å². The van der Waals surface area contributed by atoms with Crippen LogP contribution in [0.3, 0.4) is 0 Å². The number of fused-ring (bicyclic) bond motifs is 1. The molecule has 288 valence electrons. The second-order valence-electron chi connectivity index (χ2n) is 14.1.